The Kier molecular flexibility index (Phi) is 4.09. The second kappa shape index (κ2) is 5.59. The van der Waals surface area contributed by atoms with Crippen molar-refractivity contribution in [1.82, 2.24) is 0 Å². The summed E-state index contributed by atoms with van der Waals surface area (Å²) in [6.07, 6.45) is 0. The van der Waals surface area contributed by atoms with E-state index in [-0.39, 0.29) is 17.4 Å². The Morgan fingerprint density at radius 2 is 2.06 bits per heavy atom. The van der Waals surface area contributed by atoms with Crippen molar-refractivity contribution in [3.8, 4) is 5.75 Å². The van der Waals surface area contributed by atoms with Gasteiger partial charge in [-0.05, 0) is 24.3 Å². The maximum atomic E-state index is 13.6. The van der Waals surface area contributed by atoms with Gasteiger partial charge in [0.15, 0.2) is 11.6 Å². The molecular formula is C13H10BrClFNO. The molecule has 2 nitrogen and oxygen atoms in total. The number of nitrogens with two attached hydrogens (primary N) is 1. The Morgan fingerprint density at radius 3 is 2.78 bits per heavy atom. The molecule has 0 aromatic heterocycles. The highest BCUT2D eigenvalue weighted by molar-refractivity contribution is 9.10. The van der Waals surface area contributed by atoms with Gasteiger partial charge >= 0.3 is 0 Å². The Labute approximate surface area is 118 Å². The average Bonchev–Trinajstić information content (AvgIpc) is 2.33. The van der Waals surface area contributed by atoms with Gasteiger partial charge in [-0.15, -0.1) is 0 Å². The Bertz CT molecular complexity index is 577. The van der Waals surface area contributed by atoms with Crippen LogP contribution in [0.1, 0.15) is 5.56 Å². The molecule has 0 spiro atoms. The molecule has 0 saturated carbocycles. The van der Waals surface area contributed by atoms with Crippen LogP contribution in [0.15, 0.2) is 40.9 Å². The molecule has 18 heavy (non-hydrogen) atoms. The van der Waals surface area contributed by atoms with Gasteiger partial charge in [-0.25, -0.2) is 4.39 Å². The molecule has 2 aromatic carbocycles. The van der Waals surface area contributed by atoms with Crippen molar-refractivity contribution in [3.05, 3.63) is 57.3 Å². The summed E-state index contributed by atoms with van der Waals surface area (Å²) in [5.74, 6) is -0.419. The van der Waals surface area contributed by atoms with Crippen LogP contribution in [0, 0.1) is 5.82 Å². The van der Waals surface area contributed by atoms with Crippen molar-refractivity contribution in [1.29, 1.82) is 0 Å². The van der Waals surface area contributed by atoms with Gasteiger partial charge in [0.25, 0.3) is 0 Å². The van der Waals surface area contributed by atoms with E-state index >= 15 is 0 Å². The van der Waals surface area contributed by atoms with E-state index in [9.17, 15) is 4.39 Å². The first kappa shape index (κ1) is 13.2. The van der Waals surface area contributed by atoms with Gasteiger partial charge in [-0.1, -0.05) is 39.7 Å². The normalized spacial score (nSPS) is 10.4. The number of nitrogen functional groups attached to an aromatic ring is 1. The topological polar surface area (TPSA) is 35.2 Å². The van der Waals surface area contributed by atoms with Crippen LogP contribution < -0.4 is 10.5 Å². The van der Waals surface area contributed by atoms with Crippen LogP contribution in [-0.4, -0.2) is 0 Å². The molecule has 0 aliphatic rings. The average molecular weight is 331 g/mol. The summed E-state index contributed by atoms with van der Waals surface area (Å²) in [4.78, 5) is 0. The number of hydrogen-bond acceptors (Lipinski definition) is 2. The second-order valence-corrected chi connectivity index (χ2v) is 4.95. The predicted molar refractivity (Wildman–Crippen MR) is 74.3 cm³/mol. The lowest BCUT2D eigenvalue weighted by molar-refractivity contribution is 0.290. The van der Waals surface area contributed by atoms with Crippen molar-refractivity contribution in [3.63, 3.8) is 0 Å². The molecule has 0 radical (unpaired) electrons. The maximum Gasteiger partial charge on any atom is 0.183 e. The van der Waals surface area contributed by atoms with Gasteiger partial charge in [0.1, 0.15) is 6.61 Å². The standard InChI is InChI=1S/C13H10BrClFNO/c14-10-6-9(17)5-4-8(10)7-18-12-3-1-2-11(15)13(12)16/h1-6H,7,17H2. The number of anilines is 1. The van der Waals surface area contributed by atoms with E-state index < -0.39 is 5.82 Å². The van der Waals surface area contributed by atoms with Gasteiger partial charge in [0.2, 0.25) is 0 Å². The van der Waals surface area contributed by atoms with E-state index in [1.165, 1.54) is 12.1 Å². The van der Waals surface area contributed by atoms with Gasteiger partial charge in [-0.2, -0.15) is 0 Å². The van der Waals surface area contributed by atoms with E-state index in [0.29, 0.717) is 5.69 Å². The molecule has 0 aliphatic heterocycles. The van der Waals surface area contributed by atoms with E-state index in [2.05, 4.69) is 15.9 Å². The number of ether oxygens (including phenoxy) is 1. The summed E-state index contributed by atoms with van der Waals surface area (Å²) in [6, 6.07) is 10.0. The van der Waals surface area contributed by atoms with Crippen LogP contribution in [0.4, 0.5) is 10.1 Å². The minimum Gasteiger partial charge on any atom is -0.486 e. The molecule has 0 unspecified atom stereocenters. The monoisotopic (exact) mass is 329 g/mol. The molecule has 0 heterocycles. The van der Waals surface area contributed by atoms with Crippen molar-refractivity contribution in [2.45, 2.75) is 6.61 Å². The first-order valence-corrected chi connectivity index (χ1v) is 6.35. The predicted octanol–water partition coefficient (Wildman–Crippen LogP) is 4.40. The lowest BCUT2D eigenvalue weighted by Crippen LogP contribution is -1.99. The second-order valence-electron chi connectivity index (χ2n) is 3.69. The highest BCUT2D eigenvalue weighted by Gasteiger charge is 2.08. The summed E-state index contributed by atoms with van der Waals surface area (Å²) < 4.78 is 19.8. The molecule has 2 rings (SSSR count). The molecule has 2 N–H and O–H groups in total. The minimum atomic E-state index is -0.550. The number of benzene rings is 2. The smallest absolute Gasteiger partial charge is 0.183 e. The lowest BCUT2D eigenvalue weighted by atomic mass is 10.2. The van der Waals surface area contributed by atoms with Crippen LogP contribution in [0.2, 0.25) is 5.02 Å². The fourth-order valence-corrected chi connectivity index (χ4v) is 2.11. The third-order valence-electron chi connectivity index (χ3n) is 2.38. The SMILES string of the molecule is Nc1ccc(COc2cccc(Cl)c2F)c(Br)c1. The third-order valence-corrected chi connectivity index (χ3v) is 3.41. The van der Waals surface area contributed by atoms with Gasteiger partial charge < -0.3 is 10.5 Å². The quantitative estimate of drug-likeness (QED) is 0.846. The van der Waals surface area contributed by atoms with Gasteiger partial charge in [0, 0.05) is 15.7 Å². The number of halogens is 3. The van der Waals surface area contributed by atoms with Crippen molar-refractivity contribution < 1.29 is 9.13 Å². The minimum absolute atomic E-state index is 0.0453. The van der Waals surface area contributed by atoms with E-state index in [4.69, 9.17) is 22.1 Å². The summed E-state index contributed by atoms with van der Waals surface area (Å²) in [6.45, 7) is 0.234. The molecular weight excluding hydrogens is 321 g/mol. The largest absolute Gasteiger partial charge is 0.486 e. The highest BCUT2D eigenvalue weighted by atomic mass is 79.9. The van der Waals surface area contributed by atoms with Crippen LogP contribution in [0.5, 0.6) is 5.75 Å². The van der Waals surface area contributed by atoms with Crippen molar-refractivity contribution in [2.75, 3.05) is 5.73 Å². The van der Waals surface area contributed by atoms with E-state index in [1.807, 2.05) is 6.07 Å². The maximum absolute atomic E-state index is 13.6. The molecule has 0 saturated heterocycles. The molecule has 0 bridgehead atoms. The Balaban J connectivity index is 2.14. The zero-order chi connectivity index (χ0) is 13.1. The zero-order valence-corrected chi connectivity index (χ0v) is 11.6. The fraction of sp³-hybridized carbons (Fsp3) is 0.0769. The summed E-state index contributed by atoms with van der Waals surface area (Å²) >= 11 is 9.04. The first-order chi connectivity index (χ1) is 8.58. The van der Waals surface area contributed by atoms with Crippen molar-refractivity contribution >= 4 is 33.2 Å². The van der Waals surface area contributed by atoms with Crippen LogP contribution in [0.25, 0.3) is 0 Å². The summed E-state index contributed by atoms with van der Waals surface area (Å²) in [7, 11) is 0. The number of hydrogen-bond donors (Lipinski definition) is 1. The highest BCUT2D eigenvalue weighted by Crippen LogP contribution is 2.26. The molecule has 2 aromatic rings. The lowest BCUT2D eigenvalue weighted by Gasteiger charge is -2.09. The number of rotatable bonds is 3. The van der Waals surface area contributed by atoms with E-state index in [1.54, 1.807) is 18.2 Å². The van der Waals surface area contributed by atoms with Crippen molar-refractivity contribution in [2.24, 2.45) is 0 Å². The molecule has 5 heteroatoms. The summed E-state index contributed by atoms with van der Waals surface area (Å²) in [5.41, 5.74) is 7.16. The third kappa shape index (κ3) is 2.94. The summed E-state index contributed by atoms with van der Waals surface area (Å²) in [5, 5.41) is 0.0453. The molecule has 94 valence electrons. The van der Waals surface area contributed by atoms with Crippen LogP contribution in [0.3, 0.4) is 0 Å². The van der Waals surface area contributed by atoms with Crippen LogP contribution in [-0.2, 0) is 6.61 Å². The fourth-order valence-electron chi connectivity index (χ4n) is 1.43. The molecule has 0 atom stereocenters. The Hall–Kier alpha value is -1.26. The van der Waals surface area contributed by atoms with E-state index in [0.717, 1.165) is 10.0 Å². The Morgan fingerprint density at radius 1 is 1.28 bits per heavy atom. The van der Waals surface area contributed by atoms with Crippen LogP contribution >= 0.6 is 27.5 Å². The molecule has 0 amide bonds. The zero-order valence-electron chi connectivity index (χ0n) is 9.29. The molecule has 0 fully saturated rings. The van der Waals surface area contributed by atoms with Gasteiger partial charge in [-0.3, -0.25) is 0 Å². The molecule has 0 aliphatic carbocycles. The first-order valence-electron chi connectivity index (χ1n) is 5.18. The van der Waals surface area contributed by atoms with Gasteiger partial charge in [0.05, 0.1) is 5.02 Å².